The van der Waals surface area contributed by atoms with E-state index in [9.17, 15) is 0 Å². The number of para-hydroxylation sites is 1. The third-order valence-electron chi connectivity index (χ3n) is 2.73. The molecule has 0 N–H and O–H groups in total. The largest absolute Gasteiger partial charge is 0.265 e. The van der Waals surface area contributed by atoms with E-state index in [1.54, 1.807) is 0 Å². The van der Waals surface area contributed by atoms with Crippen LogP contribution in [0.3, 0.4) is 0 Å². The highest BCUT2D eigenvalue weighted by atomic mass is 15.3. The van der Waals surface area contributed by atoms with Gasteiger partial charge in [0.15, 0.2) is 0 Å². The van der Waals surface area contributed by atoms with Crippen molar-refractivity contribution in [2.75, 3.05) is 0 Å². The van der Waals surface area contributed by atoms with Crippen molar-refractivity contribution in [1.29, 1.82) is 0 Å². The molecular weight excluding hydrogens is 172 g/mol. The van der Waals surface area contributed by atoms with Gasteiger partial charge in [-0.3, -0.25) is 4.68 Å². The van der Waals surface area contributed by atoms with Crippen LogP contribution in [0.15, 0.2) is 30.5 Å². The van der Waals surface area contributed by atoms with Crippen molar-refractivity contribution < 1.29 is 0 Å². The van der Waals surface area contributed by atoms with Crippen LogP contribution in [0.25, 0.3) is 10.9 Å². The Labute approximate surface area is 84.5 Å². The molecule has 2 nitrogen and oxygen atoms in total. The Hall–Kier alpha value is -1.31. The monoisotopic (exact) mass is 188 g/mol. The summed E-state index contributed by atoms with van der Waals surface area (Å²) in [6, 6.07) is 8.36. The van der Waals surface area contributed by atoms with E-state index >= 15 is 0 Å². The molecule has 0 spiro atoms. The van der Waals surface area contributed by atoms with E-state index in [0.717, 1.165) is 6.54 Å². The van der Waals surface area contributed by atoms with Gasteiger partial charge in [0.1, 0.15) is 0 Å². The highest BCUT2D eigenvalue weighted by molar-refractivity contribution is 5.78. The normalized spacial score (nSPS) is 13.3. The van der Waals surface area contributed by atoms with Crippen LogP contribution in [0.2, 0.25) is 0 Å². The smallest absolute Gasteiger partial charge is 0.0682 e. The summed E-state index contributed by atoms with van der Waals surface area (Å²) in [5.41, 5.74) is 1.24. The standard InChI is InChI=1S/C12H16N2/c1-3-10(2)9-14-12-7-5-4-6-11(12)8-13-14/h4-8,10H,3,9H2,1-2H3. The number of rotatable bonds is 3. The fraction of sp³-hybridized carbons (Fsp3) is 0.417. The van der Waals surface area contributed by atoms with Gasteiger partial charge in [0.2, 0.25) is 0 Å². The number of hydrogen-bond donors (Lipinski definition) is 0. The third kappa shape index (κ3) is 1.65. The topological polar surface area (TPSA) is 17.8 Å². The van der Waals surface area contributed by atoms with Crippen molar-refractivity contribution in [2.45, 2.75) is 26.8 Å². The summed E-state index contributed by atoms with van der Waals surface area (Å²) in [6.45, 7) is 5.50. The van der Waals surface area contributed by atoms with Crippen LogP contribution < -0.4 is 0 Å². The zero-order chi connectivity index (χ0) is 9.97. The van der Waals surface area contributed by atoms with Crippen LogP contribution in [0, 0.1) is 5.92 Å². The van der Waals surface area contributed by atoms with Gasteiger partial charge < -0.3 is 0 Å². The Bertz CT molecular complexity index is 417. The molecule has 0 radical (unpaired) electrons. The summed E-state index contributed by atoms with van der Waals surface area (Å²) in [4.78, 5) is 0. The average Bonchev–Trinajstić information content (AvgIpc) is 2.62. The van der Waals surface area contributed by atoms with E-state index in [1.165, 1.54) is 17.3 Å². The van der Waals surface area contributed by atoms with E-state index in [1.807, 2.05) is 6.20 Å². The van der Waals surface area contributed by atoms with Gasteiger partial charge in [-0.1, -0.05) is 38.5 Å². The molecule has 1 heterocycles. The molecular formula is C12H16N2. The molecule has 1 unspecified atom stereocenters. The van der Waals surface area contributed by atoms with Gasteiger partial charge in [-0.15, -0.1) is 0 Å². The Kier molecular flexibility index (Phi) is 2.53. The molecule has 0 aliphatic rings. The molecule has 14 heavy (non-hydrogen) atoms. The highest BCUT2D eigenvalue weighted by Gasteiger charge is 2.04. The Morgan fingerprint density at radius 1 is 1.36 bits per heavy atom. The average molecular weight is 188 g/mol. The molecule has 0 saturated heterocycles. The lowest BCUT2D eigenvalue weighted by Crippen LogP contribution is -2.07. The zero-order valence-corrected chi connectivity index (χ0v) is 8.77. The Balaban J connectivity index is 2.33. The lowest BCUT2D eigenvalue weighted by molar-refractivity contribution is 0.448. The van der Waals surface area contributed by atoms with Crippen LogP contribution in [-0.4, -0.2) is 9.78 Å². The summed E-state index contributed by atoms with van der Waals surface area (Å²) < 4.78 is 2.10. The second kappa shape index (κ2) is 3.82. The summed E-state index contributed by atoms with van der Waals surface area (Å²) in [7, 11) is 0. The molecule has 2 heteroatoms. The van der Waals surface area contributed by atoms with Gasteiger partial charge in [-0.25, -0.2) is 0 Å². The van der Waals surface area contributed by atoms with Gasteiger partial charge in [-0.05, 0) is 12.0 Å². The molecule has 0 saturated carbocycles. The maximum Gasteiger partial charge on any atom is 0.0682 e. The van der Waals surface area contributed by atoms with Crippen LogP contribution in [0.1, 0.15) is 20.3 Å². The number of fused-ring (bicyclic) bond motifs is 1. The van der Waals surface area contributed by atoms with Crippen LogP contribution in [0.4, 0.5) is 0 Å². The van der Waals surface area contributed by atoms with E-state index in [0.29, 0.717) is 5.92 Å². The molecule has 2 rings (SSSR count). The second-order valence-corrected chi connectivity index (χ2v) is 3.90. The minimum atomic E-state index is 0.693. The molecule has 0 aliphatic carbocycles. The third-order valence-corrected chi connectivity index (χ3v) is 2.73. The van der Waals surface area contributed by atoms with E-state index < -0.39 is 0 Å². The lowest BCUT2D eigenvalue weighted by atomic mass is 10.1. The highest BCUT2D eigenvalue weighted by Crippen LogP contribution is 2.14. The molecule has 1 aromatic carbocycles. The van der Waals surface area contributed by atoms with E-state index in [2.05, 4.69) is 47.9 Å². The van der Waals surface area contributed by atoms with Crippen molar-refractivity contribution in [2.24, 2.45) is 5.92 Å². The number of benzene rings is 1. The first-order chi connectivity index (χ1) is 6.81. The molecule has 1 aromatic heterocycles. The molecule has 0 bridgehead atoms. The maximum absolute atomic E-state index is 4.40. The van der Waals surface area contributed by atoms with E-state index in [4.69, 9.17) is 0 Å². The first-order valence-corrected chi connectivity index (χ1v) is 5.22. The zero-order valence-electron chi connectivity index (χ0n) is 8.77. The van der Waals surface area contributed by atoms with Gasteiger partial charge in [0, 0.05) is 11.9 Å². The minimum absolute atomic E-state index is 0.693. The lowest BCUT2D eigenvalue weighted by Gasteiger charge is -2.09. The van der Waals surface area contributed by atoms with E-state index in [-0.39, 0.29) is 0 Å². The van der Waals surface area contributed by atoms with Crippen LogP contribution >= 0.6 is 0 Å². The molecule has 0 aliphatic heterocycles. The van der Waals surface area contributed by atoms with Gasteiger partial charge in [0.25, 0.3) is 0 Å². The van der Waals surface area contributed by atoms with Crippen molar-refractivity contribution in [3.63, 3.8) is 0 Å². The molecule has 1 atom stereocenters. The molecule has 2 aromatic rings. The number of nitrogens with zero attached hydrogens (tertiary/aromatic N) is 2. The Morgan fingerprint density at radius 3 is 2.93 bits per heavy atom. The van der Waals surface area contributed by atoms with Gasteiger partial charge in [-0.2, -0.15) is 5.10 Å². The second-order valence-electron chi connectivity index (χ2n) is 3.90. The SMILES string of the molecule is CCC(C)Cn1ncc2ccccc21. The molecule has 74 valence electrons. The molecule has 0 amide bonds. The Morgan fingerprint density at radius 2 is 2.14 bits per heavy atom. The fourth-order valence-electron chi connectivity index (χ4n) is 1.60. The minimum Gasteiger partial charge on any atom is -0.265 e. The van der Waals surface area contributed by atoms with Crippen molar-refractivity contribution in [3.05, 3.63) is 30.5 Å². The number of aromatic nitrogens is 2. The summed E-state index contributed by atoms with van der Waals surface area (Å²) in [5.74, 6) is 0.693. The summed E-state index contributed by atoms with van der Waals surface area (Å²) in [6.07, 6.45) is 3.14. The fourth-order valence-corrected chi connectivity index (χ4v) is 1.60. The first-order valence-electron chi connectivity index (χ1n) is 5.22. The first kappa shape index (κ1) is 9.25. The summed E-state index contributed by atoms with van der Waals surface area (Å²) >= 11 is 0. The molecule has 0 fully saturated rings. The van der Waals surface area contributed by atoms with Crippen molar-refractivity contribution in [1.82, 2.24) is 9.78 Å². The maximum atomic E-state index is 4.40. The predicted octanol–water partition coefficient (Wildman–Crippen LogP) is 3.08. The predicted molar refractivity (Wildman–Crippen MR) is 59.2 cm³/mol. The quantitative estimate of drug-likeness (QED) is 0.723. The summed E-state index contributed by atoms with van der Waals surface area (Å²) in [5, 5.41) is 5.63. The van der Waals surface area contributed by atoms with Gasteiger partial charge in [0.05, 0.1) is 11.7 Å². The van der Waals surface area contributed by atoms with Crippen molar-refractivity contribution >= 4 is 10.9 Å². The van der Waals surface area contributed by atoms with Crippen molar-refractivity contribution in [3.8, 4) is 0 Å². The number of hydrogen-bond acceptors (Lipinski definition) is 1. The van der Waals surface area contributed by atoms with Crippen LogP contribution in [0.5, 0.6) is 0 Å². The van der Waals surface area contributed by atoms with Crippen LogP contribution in [-0.2, 0) is 6.54 Å². The van der Waals surface area contributed by atoms with Gasteiger partial charge >= 0.3 is 0 Å².